The monoisotopic (exact) mass is 186 g/mol. The topological polar surface area (TPSA) is 44.9 Å². The lowest BCUT2D eigenvalue weighted by Crippen LogP contribution is -2.06. The average Bonchev–Trinajstić information content (AvgIpc) is 2.32. The highest BCUT2D eigenvalue weighted by Gasteiger charge is 2.09. The number of hydrogen-bond donors (Lipinski definition) is 2. The lowest BCUT2D eigenvalue weighted by molar-refractivity contribution is 0.769. The molecule has 1 heterocycles. The third kappa shape index (κ3) is 1.95. The van der Waals surface area contributed by atoms with Crippen molar-refractivity contribution in [1.29, 1.82) is 0 Å². The van der Waals surface area contributed by atoms with Crippen LogP contribution in [0.3, 0.4) is 0 Å². The highest BCUT2D eigenvalue weighted by molar-refractivity contribution is 7.09. The Morgan fingerprint density at radius 1 is 1.58 bits per heavy atom. The van der Waals surface area contributed by atoms with Gasteiger partial charge >= 0.3 is 4.87 Å². The Balaban J connectivity index is 3.00. The van der Waals surface area contributed by atoms with Crippen LogP contribution in [0.2, 0.25) is 0 Å². The summed E-state index contributed by atoms with van der Waals surface area (Å²) in [4.78, 5) is 15.0. The fourth-order valence-corrected chi connectivity index (χ4v) is 2.13. The minimum Gasteiger partial charge on any atom is -0.316 e. The molecule has 3 nitrogen and oxygen atoms in total. The summed E-state index contributed by atoms with van der Waals surface area (Å²) in [5, 5.41) is 3.04. The number of thiazole rings is 1. The van der Waals surface area contributed by atoms with E-state index in [0.717, 1.165) is 17.1 Å². The summed E-state index contributed by atoms with van der Waals surface area (Å²) >= 11 is 1.29. The minimum atomic E-state index is 0.0453. The first-order chi connectivity index (χ1) is 5.65. The van der Waals surface area contributed by atoms with Crippen molar-refractivity contribution in [2.45, 2.75) is 26.3 Å². The SMILES string of the molecule is CNCc1sc(=O)[nH]c1C(C)C. The van der Waals surface area contributed by atoms with Gasteiger partial charge in [-0.05, 0) is 13.0 Å². The second-order valence-corrected chi connectivity index (χ2v) is 4.10. The lowest BCUT2D eigenvalue weighted by atomic mass is 10.1. The molecular formula is C8H14N2OS. The van der Waals surface area contributed by atoms with Crippen molar-refractivity contribution in [2.75, 3.05) is 7.05 Å². The van der Waals surface area contributed by atoms with Crippen LogP contribution in [0.4, 0.5) is 0 Å². The van der Waals surface area contributed by atoms with Gasteiger partial charge in [0.15, 0.2) is 0 Å². The summed E-state index contributed by atoms with van der Waals surface area (Å²) in [5.74, 6) is 0.396. The van der Waals surface area contributed by atoms with Crippen LogP contribution in [0.5, 0.6) is 0 Å². The summed E-state index contributed by atoms with van der Waals surface area (Å²) < 4.78 is 0. The van der Waals surface area contributed by atoms with Gasteiger partial charge in [0.2, 0.25) is 0 Å². The number of aromatic nitrogens is 1. The predicted octanol–water partition coefficient (Wildman–Crippen LogP) is 1.28. The summed E-state index contributed by atoms with van der Waals surface area (Å²) in [6.07, 6.45) is 0. The number of H-pyrrole nitrogens is 1. The highest BCUT2D eigenvalue weighted by Crippen LogP contribution is 2.18. The van der Waals surface area contributed by atoms with Crippen molar-refractivity contribution in [1.82, 2.24) is 10.3 Å². The molecular weight excluding hydrogens is 172 g/mol. The van der Waals surface area contributed by atoms with Crippen LogP contribution in [0.25, 0.3) is 0 Å². The van der Waals surface area contributed by atoms with E-state index in [1.54, 1.807) is 0 Å². The molecule has 0 atom stereocenters. The van der Waals surface area contributed by atoms with Gasteiger partial charge < -0.3 is 10.3 Å². The van der Waals surface area contributed by atoms with Crippen LogP contribution in [-0.2, 0) is 6.54 Å². The van der Waals surface area contributed by atoms with Gasteiger partial charge in [-0.25, -0.2) is 0 Å². The Bertz CT molecular complexity index is 300. The maximum Gasteiger partial charge on any atom is 0.304 e. The predicted molar refractivity (Wildman–Crippen MR) is 51.8 cm³/mol. The third-order valence-electron chi connectivity index (χ3n) is 1.67. The summed E-state index contributed by atoms with van der Waals surface area (Å²) in [7, 11) is 1.88. The van der Waals surface area contributed by atoms with E-state index in [1.807, 2.05) is 7.05 Å². The molecule has 0 aliphatic rings. The molecule has 0 amide bonds. The number of aromatic amines is 1. The molecule has 68 valence electrons. The molecule has 0 aliphatic heterocycles. The standard InChI is InChI=1S/C8H14N2OS/c1-5(2)7-6(4-9-3)12-8(11)10-7/h5,9H,4H2,1-3H3,(H,10,11). The first kappa shape index (κ1) is 9.48. The number of nitrogens with one attached hydrogen (secondary N) is 2. The van der Waals surface area contributed by atoms with Crippen LogP contribution in [0.1, 0.15) is 30.3 Å². The van der Waals surface area contributed by atoms with Crippen LogP contribution >= 0.6 is 11.3 Å². The van der Waals surface area contributed by atoms with Crippen LogP contribution in [0.15, 0.2) is 4.79 Å². The van der Waals surface area contributed by atoms with E-state index >= 15 is 0 Å². The maximum atomic E-state index is 11.0. The molecule has 2 N–H and O–H groups in total. The van der Waals surface area contributed by atoms with Gasteiger partial charge in [-0.2, -0.15) is 0 Å². The molecule has 0 fully saturated rings. The van der Waals surface area contributed by atoms with Gasteiger partial charge in [0.25, 0.3) is 0 Å². The Morgan fingerprint density at radius 2 is 2.25 bits per heavy atom. The van der Waals surface area contributed by atoms with E-state index in [0.29, 0.717) is 5.92 Å². The molecule has 0 radical (unpaired) electrons. The van der Waals surface area contributed by atoms with Gasteiger partial charge in [-0.1, -0.05) is 25.2 Å². The van der Waals surface area contributed by atoms with E-state index < -0.39 is 0 Å². The Morgan fingerprint density at radius 3 is 2.75 bits per heavy atom. The van der Waals surface area contributed by atoms with Crippen molar-refractivity contribution in [3.63, 3.8) is 0 Å². The molecule has 0 saturated heterocycles. The maximum absolute atomic E-state index is 11.0. The second kappa shape index (κ2) is 3.87. The molecule has 0 unspecified atom stereocenters. The van der Waals surface area contributed by atoms with E-state index in [1.165, 1.54) is 11.3 Å². The van der Waals surface area contributed by atoms with E-state index in [9.17, 15) is 4.79 Å². The van der Waals surface area contributed by atoms with Crippen molar-refractivity contribution >= 4 is 11.3 Å². The first-order valence-electron chi connectivity index (χ1n) is 4.01. The molecule has 0 saturated carbocycles. The average molecular weight is 186 g/mol. The summed E-state index contributed by atoms with van der Waals surface area (Å²) in [6, 6.07) is 0. The zero-order valence-electron chi connectivity index (χ0n) is 7.60. The van der Waals surface area contributed by atoms with Gasteiger partial charge in [0.1, 0.15) is 0 Å². The van der Waals surface area contributed by atoms with Crippen molar-refractivity contribution in [3.8, 4) is 0 Å². The zero-order chi connectivity index (χ0) is 9.14. The molecule has 1 aromatic heterocycles. The largest absolute Gasteiger partial charge is 0.316 e. The van der Waals surface area contributed by atoms with Gasteiger partial charge in [0.05, 0.1) is 0 Å². The molecule has 1 aromatic rings. The summed E-state index contributed by atoms with van der Waals surface area (Å²) in [5.41, 5.74) is 1.07. The van der Waals surface area contributed by atoms with E-state index in [4.69, 9.17) is 0 Å². The van der Waals surface area contributed by atoms with Crippen LogP contribution < -0.4 is 10.2 Å². The third-order valence-corrected chi connectivity index (χ3v) is 2.57. The molecule has 4 heteroatoms. The van der Waals surface area contributed by atoms with Crippen LogP contribution in [0, 0.1) is 0 Å². The molecule has 12 heavy (non-hydrogen) atoms. The number of hydrogen-bond acceptors (Lipinski definition) is 3. The van der Waals surface area contributed by atoms with E-state index in [-0.39, 0.29) is 4.87 Å². The van der Waals surface area contributed by atoms with E-state index in [2.05, 4.69) is 24.1 Å². The Labute approximate surface area is 75.8 Å². The normalized spacial score (nSPS) is 11.0. The fraction of sp³-hybridized carbons (Fsp3) is 0.625. The van der Waals surface area contributed by atoms with Gasteiger partial charge in [-0.15, -0.1) is 0 Å². The zero-order valence-corrected chi connectivity index (χ0v) is 8.42. The van der Waals surface area contributed by atoms with Crippen molar-refractivity contribution in [2.24, 2.45) is 0 Å². The molecule has 0 spiro atoms. The van der Waals surface area contributed by atoms with Crippen molar-refractivity contribution in [3.05, 3.63) is 20.2 Å². The Kier molecular flexibility index (Phi) is 3.05. The van der Waals surface area contributed by atoms with Crippen molar-refractivity contribution < 1.29 is 0 Å². The summed E-state index contributed by atoms with van der Waals surface area (Å²) in [6.45, 7) is 4.94. The number of rotatable bonds is 3. The lowest BCUT2D eigenvalue weighted by Gasteiger charge is -2.04. The van der Waals surface area contributed by atoms with Gasteiger partial charge in [0, 0.05) is 17.1 Å². The Hall–Kier alpha value is -0.610. The molecule has 1 rings (SSSR count). The smallest absolute Gasteiger partial charge is 0.304 e. The minimum absolute atomic E-state index is 0.0453. The first-order valence-corrected chi connectivity index (χ1v) is 4.83. The van der Waals surface area contributed by atoms with Crippen LogP contribution in [-0.4, -0.2) is 12.0 Å². The highest BCUT2D eigenvalue weighted by atomic mass is 32.1. The van der Waals surface area contributed by atoms with Gasteiger partial charge in [-0.3, -0.25) is 4.79 Å². The quantitative estimate of drug-likeness (QED) is 0.747. The fourth-order valence-electron chi connectivity index (χ4n) is 1.13. The molecule has 0 aromatic carbocycles. The molecule has 0 aliphatic carbocycles. The molecule has 0 bridgehead atoms. The second-order valence-electron chi connectivity index (χ2n) is 3.04.